The second-order valence-electron chi connectivity index (χ2n) is 6.10. The Kier molecular flexibility index (Phi) is 6.86. The summed E-state index contributed by atoms with van der Waals surface area (Å²) < 4.78 is 11.0. The smallest absolute Gasteiger partial charge is 0.260 e. The van der Waals surface area contributed by atoms with Gasteiger partial charge in [-0.25, -0.2) is 0 Å². The number of hydrogen-bond acceptors (Lipinski definition) is 4. The molecule has 1 aliphatic heterocycles. The topological polar surface area (TPSA) is 50.8 Å². The Balaban J connectivity index is 1.66. The van der Waals surface area contributed by atoms with Gasteiger partial charge in [0.1, 0.15) is 5.75 Å². The molecule has 1 aromatic carbocycles. The van der Waals surface area contributed by atoms with Crippen molar-refractivity contribution < 1.29 is 14.3 Å². The van der Waals surface area contributed by atoms with Crippen molar-refractivity contribution in [3.8, 4) is 5.75 Å². The lowest BCUT2D eigenvalue weighted by molar-refractivity contribution is -0.127. The van der Waals surface area contributed by atoms with E-state index in [4.69, 9.17) is 9.47 Å². The van der Waals surface area contributed by atoms with Crippen molar-refractivity contribution in [2.45, 2.75) is 33.3 Å². The minimum Gasteiger partial charge on any atom is -0.481 e. The van der Waals surface area contributed by atoms with Crippen molar-refractivity contribution >= 4 is 5.91 Å². The first-order valence-corrected chi connectivity index (χ1v) is 8.38. The fourth-order valence-corrected chi connectivity index (χ4v) is 2.53. The number of nitrogens with zero attached hydrogens (tertiary/aromatic N) is 1. The Hall–Kier alpha value is -1.59. The largest absolute Gasteiger partial charge is 0.481 e. The lowest BCUT2D eigenvalue weighted by atomic mass is 10.1. The molecule has 5 heteroatoms. The van der Waals surface area contributed by atoms with Crippen LogP contribution in [0.25, 0.3) is 0 Å². The summed E-state index contributed by atoms with van der Waals surface area (Å²) in [5.74, 6) is 0.675. The van der Waals surface area contributed by atoms with E-state index in [2.05, 4.69) is 17.1 Å². The molecular weight excluding hydrogens is 292 g/mol. The van der Waals surface area contributed by atoms with Crippen LogP contribution in [0.2, 0.25) is 0 Å². The van der Waals surface area contributed by atoms with E-state index in [1.165, 1.54) is 11.1 Å². The summed E-state index contributed by atoms with van der Waals surface area (Å²) in [5.41, 5.74) is 2.39. The van der Waals surface area contributed by atoms with Crippen molar-refractivity contribution in [1.82, 2.24) is 10.2 Å². The van der Waals surface area contributed by atoms with Gasteiger partial charge in [0, 0.05) is 19.6 Å². The molecule has 1 amide bonds. The van der Waals surface area contributed by atoms with Gasteiger partial charge in [0.05, 0.1) is 13.2 Å². The number of carbonyl (C=O) groups excluding carboxylic acids is 1. The van der Waals surface area contributed by atoms with E-state index in [1.807, 2.05) is 25.1 Å². The van der Waals surface area contributed by atoms with Crippen LogP contribution < -0.4 is 10.1 Å². The number of aryl methyl sites for hydroxylation is 2. The van der Waals surface area contributed by atoms with E-state index < -0.39 is 6.10 Å². The molecule has 23 heavy (non-hydrogen) atoms. The van der Waals surface area contributed by atoms with Crippen molar-refractivity contribution in [2.75, 3.05) is 39.4 Å². The number of benzene rings is 1. The average Bonchev–Trinajstić information content (AvgIpc) is 2.55. The summed E-state index contributed by atoms with van der Waals surface area (Å²) in [4.78, 5) is 14.4. The number of ether oxygens (including phenoxy) is 2. The monoisotopic (exact) mass is 320 g/mol. The number of morpholine rings is 1. The third-order valence-corrected chi connectivity index (χ3v) is 4.21. The van der Waals surface area contributed by atoms with Gasteiger partial charge in [-0.05, 0) is 57.0 Å². The molecule has 1 saturated heterocycles. The molecule has 0 spiro atoms. The van der Waals surface area contributed by atoms with Crippen molar-refractivity contribution in [3.63, 3.8) is 0 Å². The van der Waals surface area contributed by atoms with Gasteiger partial charge in [-0.15, -0.1) is 0 Å². The standard InChI is InChI=1S/C18H28N2O3/c1-14-5-6-17(13-15(14)2)23-16(3)18(21)19-7-4-8-20-9-11-22-12-10-20/h5-6,13,16H,4,7-12H2,1-3H3,(H,19,21)/t16-/m1/s1. The molecule has 0 aromatic heterocycles. The maximum atomic E-state index is 12.1. The van der Waals surface area contributed by atoms with Gasteiger partial charge in [0.2, 0.25) is 0 Å². The molecule has 0 radical (unpaired) electrons. The lowest BCUT2D eigenvalue weighted by Crippen LogP contribution is -2.40. The van der Waals surface area contributed by atoms with Crippen LogP contribution >= 0.6 is 0 Å². The first-order valence-electron chi connectivity index (χ1n) is 8.38. The summed E-state index contributed by atoms with van der Waals surface area (Å²) in [6.45, 7) is 11.2. The van der Waals surface area contributed by atoms with Gasteiger partial charge < -0.3 is 14.8 Å². The fourth-order valence-electron chi connectivity index (χ4n) is 2.53. The molecule has 2 rings (SSSR count). The van der Waals surface area contributed by atoms with Crippen LogP contribution in [-0.4, -0.2) is 56.3 Å². The Morgan fingerprint density at radius 2 is 2.04 bits per heavy atom. The van der Waals surface area contributed by atoms with E-state index in [9.17, 15) is 4.79 Å². The van der Waals surface area contributed by atoms with Crippen molar-refractivity contribution in [3.05, 3.63) is 29.3 Å². The Morgan fingerprint density at radius 1 is 1.30 bits per heavy atom. The molecule has 0 saturated carbocycles. The first kappa shape index (κ1) is 17.8. The Bertz CT molecular complexity index is 513. The predicted octanol–water partition coefficient (Wildman–Crippen LogP) is 1.91. The summed E-state index contributed by atoms with van der Waals surface area (Å²) in [6.07, 6.45) is 0.461. The zero-order valence-corrected chi connectivity index (χ0v) is 14.4. The molecule has 0 unspecified atom stereocenters. The molecule has 1 atom stereocenters. The van der Waals surface area contributed by atoms with Crippen LogP contribution in [0.4, 0.5) is 0 Å². The van der Waals surface area contributed by atoms with Crippen LogP contribution in [0.5, 0.6) is 5.75 Å². The molecule has 1 heterocycles. The third-order valence-electron chi connectivity index (χ3n) is 4.21. The van der Waals surface area contributed by atoms with Crippen LogP contribution in [0.1, 0.15) is 24.5 Å². The number of carbonyl (C=O) groups is 1. The predicted molar refractivity (Wildman–Crippen MR) is 90.9 cm³/mol. The highest BCUT2D eigenvalue weighted by Crippen LogP contribution is 2.17. The number of nitrogens with one attached hydrogen (secondary N) is 1. The molecule has 5 nitrogen and oxygen atoms in total. The Morgan fingerprint density at radius 3 is 2.74 bits per heavy atom. The van der Waals surface area contributed by atoms with Crippen molar-refractivity contribution in [2.24, 2.45) is 0 Å². The summed E-state index contributed by atoms with van der Waals surface area (Å²) in [7, 11) is 0. The molecule has 1 fully saturated rings. The van der Waals surface area contributed by atoms with E-state index >= 15 is 0 Å². The quantitative estimate of drug-likeness (QED) is 0.780. The molecule has 0 aliphatic carbocycles. The zero-order chi connectivity index (χ0) is 16.7. The maximum Gasteiger partial charge on any atom is 0.260 e. The van der Waals surface area contributed by atoms with E-state index in [0.29, 0.717) is 6.54 Å². The van der Waals surface area contributed by atoms with Crippen LogP contribution in [0.15, 0.2) is 18.2 Å². The summed E-state index contributed by atoms with van der Waals surface area (Å²) in [6, 6.07) is 5.89. The fraction of sp³-hybridized carbons (Fsp3) is 0.611. The average molecular weight is 320 g/mol. The highest BCUT2D eigenvalue weighted by atomic mass is 16.5. The highest BCUT2D eigenvalue weighted by Gasteiger charge is 2.15. The first-order chi connectivity index (χ1) is 11.1. The maximum absolute atomic E-state index is 12.1. The normalized spacial score (nSPS) is 16.8. The number of amides is 1. The second-order valence-corrected chi connectivity index (χ2v) is 6.10. The molecule has 1 aliphatic rings. The minimum absolute atomic E-state index is 0.0646. The molecule has 128 valence electrons. The van der Waals surface area contributed by atoms with Gasteiger partial charge >= 0.3 is 0 Å². The number of hydrogen-bond donors (Lipinski definition) is 1. The van der Waals surface area contributed by atoms with E-state index in [-0.39, 0.29) is 5.91 Å². The molecule has 0 bridgehead atoms. The highest BCUT2D eigenvalue weighted by molar-refractivity contribution is 5.80. The van der Waals surface area contributed by atoms with Gasteiger partial charge in [-0.3, -0.25) is 9.69 Å². The number of rotatable bonds is 7. The van der Waals surface area contributed by atoms with Gasteiger partial charge in [0.15, 0.2) is 6.10 Å². The van der Waals surface area contributed by atoms with Crippen LogP contribution in [-0.2, 0) is 9.53 Å². The lowest BCUT2D eigenvalue weighted by Gasteiger charge is -2.26. The van der Waals surface area contributed by atoms with Gasteiger partial charge in [-0.2, -0.15) is 0 Å². The molecule has 1 N–H and O–H groups in total. The van der Waals surface area contributed by atoms with Crippen LogP contribution in [0, 0.1) is 13.8 Å². The van der Waals surface area contributed by atoms with E-state index in [1.54, 1.807) is 6.92 Å². The van der Waals surface area contributed by atoms with Crippen molar-refractivity contribution in [1.29, 1.82) is 0 Å². The van der Waals surface area contributed by atoms with Gasteiger partial charge in [0.25, 0.3) is 5.91 Å². The molecule has 1 aromatic rings. The summed E-state index contributed by atoms with van der Waals surface area (Å²) in [5, 5.41) is 2.95. The Labute approximate surface area is 139 Å². The molecular formula is C18H28N2O3. The minimum atomic E-state index is -0.486. The zero-order valence-electron chi connectivity index (χ0n) is 14.4. The SMILES string of the molecule is Cc1ccc(O[C@H](C)C(=O)NCCCN2CCOCC2)cc1C. The summed E-state index contributed by atoms with van der Waals surface area (Å²) >= 11 is 0. The van der Waals surface area contributed by atoms with Gasteiger partial charge in [-0.1, -0.05) is 6.07 Å². The van der Waals surface area contributed by atoms with E-state index in [0.717, 1.165) is 45.0 Å². The second kappa shape index (κ2) is 8.89. The third kappa shape index (κ3) is 5.84. The van der Waals surface area contributed by atoms with Crippen LogP contribution in [0.3, 0.4) is 0 Å².